The largest absolute Gasteiger partial charge is 0.325 e. The summed E-state index contributed by atoms with van der Waals surface area (Å²) in [4.78, 5) is 14.2. The Bertz CT molecular complexity index is 399. The molecule has 4 nitrogen and oxygen atoms in total. The van der Waals surface area contributed by atoms with E-state index in [4.69, 9.17) is 0 Å². The van der Waals surface area contributed by atoms with Crippen LogP contribution in [0.25, 0.3) is 0 Å². The molecule has 0 aliphatic carbocycles. The van der Waals surface area contributed by atoms with Crippen LogP contribution < -0.4 is 10.6 Å². The van der Waals surface area contributed by atoms with Crippen molar-refractivity contribution in [2.45, 2.75) is 19.8 Å². The van der Waals surface area contributed by atoms with Crippen molar-refractivity contribution >= 4 is 11.6 Å². The van der Waals surface area contributed by atoms with E-state index in [0.717, 1.165) is 37.8 Å². The lowest BCUT2D eigenvalue weighted by molar-refractivity contribution is -0.117. The summed E-state index contributed by atoms with van der Waals surface area (Å²) in [6, 6.07) is 9.65. The standard InChI is InChI=1S/C16H25N3O/c1-2-17-12-14-8-10-19(11-9-14)13-16(20)18-15-6-4-3-5-7-15/h3-7,14,17H,2,8-13H2,1H3,(H,18,20). The van der Waals surface area contributed by atoms with Crippen molar-refractivity contribution in [3.8, 4) is 0 Å². The zero-order valence-electron chi connectivity index (χ0n) is 12.3. The van der Waals surface area contributed by atoms with Crippen molar-refractivity contribution in [2.24, 2.45) is 5.92 Å². The summed E-state index contributed by atoms with van der Waals surface area (Å²) in [5.41, 5.74) is 0.875. The van der Waals surface area contributed by atoms with Gasteiger partial charge >= 0.3 is 0 Å². The van der Waals surface area contributed by atoms with Crippen LogP contribution in [0.2, 0.25) is 0 Å². The molecule has 1 aromatic carbocycles. The van der Waals surface area contributed by atoms with Crippen LogP contribution in [0.15, 0.2) is 30.3 Å². The lowest BCUT2D eigenvalue weighted by Gasteiger charge is -2.31. The Hall–Kier alpha value is -1.39. The molecule has 0 bridgehead atoms. The zero-order valence-corrected chi connectivity index (χ0v) is 12.3. The van der Waals surface area contributed by atoms with Crippen LogP contribution >= 0.6 is 0 Å². The summed E-state index contributed by atoms with van der Waals surface area (Å²) in [5.74, 6) is 0.852. The van der Waals surface area contributed by atoms with E-state index in [1.165, 1.54) is 12.8 Å². The third kappa shape index (κ3) is 4.94. The second kappa shape index (κ2) is 8.02. The van der Waals surface area contributed by atoms with E-state index in [2.05, 4.69) is 22.5 Å². The molecule has 1 fully saturated rings. The Balaban J connectivity index is 1.68. The van der Waals surface area contributed by atoms with Gasteiger partial charge in [-0.1, -0.05) is 25.1 Å². The first-order valence-electron chi connectivity index (χ1n) is 7.56. The maximum Gasteiger partial charge on any atom is 0.238 e. The Morgan fingerprint density at radius 2 is 1.95 bits per heavy atom. The molecule has 110 valence electrons. The van der Waals surface area contributed by atoms with E-state index in [0.29, 0.717) is 6.54 Å². The monoisotopic (exact) mass is 275 g/mol. The van der Waals surface area contributed by atoms with Gasteiger partial charge in [-0.3, -0.25) is 9.69 Å². The number of anilines is 1. The molecule has 2 rings (SSSR count). The number of nitrogens with one attached hydrogen (secondary N) is 2. The SMILES string of the molecule is CCNCC1CCN(CC(=O)Nc2ccccc2)CC1. The molecule has 1 aromatic rings. The second-order valence-corrected chi connectivity index (χ2v) is 5.44. The van der Waals surface area contributed by atoms with E-state index < -0.39 is 0 Å². The lowest BCUT2D eigenvalue weighted by Crippen LogP contribution is -2.41. The molecule has 1 amide bonds. The first-order chi connectivity index (χ1) is 9.78. The first-order valence-corrected chi connectivity index (χ1v) is 7.56. The zero-order chi connectivity index (χ0) is 14.2. The van der Waals surface area contributed by atoms with Crippen LogP contribution in [0.3, 0.4) is 0 Å². The van der Waals surface area contributed by atoms with Crippen molar-refractivity contribution in [3.05, 3.63) is 30.3 Å². The van der Waals surface area contributed by atoms with Crippen molar-refractivity contribution in [2.75, 3.05) is 38.0 Å². The van der Waals surface area contributed by atoms with Crippen LogP contribution in [-0.4, -0.2) is 43.5 Å². The van der Waals surface area contributed by atoms with E-state index >= 15 is 0 Å². The molecule has 0 radical (unpaired) electrons. The molecule has 0 atom stereocenters. The molecule has 0 spiro atoms. The minimum Gasteiger partial charge on any atom is -0.325 e. The number of para-hydroxylation sites is 1. The number of hydrogen-bond donors (Lipinski definition) is 2. The highest BCUT2D eigenvalue weighted by Crippen LogP contribution is 2.16. The van der Waals surface area contributed by atoms with E-state index in [9.17, 15) is 4.79 Å². The van der Waals surface area contributed by atoms with Gasteiger partial charge in [0.05, 0.1) is 6.54 Å². The van der Waals surface area contributed by atoms with Crippen molar-refractivity contribution in [3.63, 3.8) is 0 Å². The number of amides is 1. The predicted octanol–water partition coefficient (Wildman–Crippen LogP) is 1.95. The fourth-order valence-corrected chi connectivity index (χ4v) is 2.62. The third-order valence-electron chi connectivity index (χ3n) is 3.81. The number of rotatable bonds is 6. The average molecular weight is 275 g/mol. The van der Waals surface area contributed by atoms with Crippen LogP contribution in [0.4, 0.5) is 5.69 Å². The van der Waals surface area contributed by atoms with Crippen LogP contribution in [-0.2, 0) is 4.79 Å². The maximum atomic E-state index is 12.0. The fourth-order valence-electron chi connectivity index (χ4n) is 2.62. The smallest absolute Gasteiger partial charge is 0.238 e. The van der Waals surface area contributed by atoms with Gasteiger partial charge in [-0.05, 0) is 57.1 Å². The van der Waals surface area contributed by atoms with Crippen LogP contribution in [0, 0.1) is 5.92 Å². The Morgan fingerprint density at radius 3 is 2.60 bits per heavy atom. The molecule has 1 aliphatic rings. The number of benzene rings is 1. The quantitative estimate of drug-likeness (QED) is 0.834. The topological polar surface area (TPSA) is 44.4 Å². The van der Waals surface area contributed by atoms with E-state index in [-0.39, 0.29) is 5.91 Å². The van der Waals surface area contributed by atoms with Gasteiger partial charge in [0, 0.05) is 5.69 Å². The lowest BCUT2D eigenvalue weighted by atomic mass is 9.97. The maximum absolute atomic E-state index is 12.0. The minimum atomic E-state index is 0.0846. The van der Waals surface area contributed by atoms with Gasteiger partial charge in [0.25, 0.3) is 0 Å². The molecule has 2 N–H and O–H groups in total. The molecule has 1 saturated heterocycles. The Kier molecular flexibility index (Phi) is 6.02. The summed E-state index contributed by atoms with van der Waals surface area (Å²) >= 11 is 0. The first kappa shape index (κ1) is 15.0. The number of carbonyl (C=O) groups is 1. The van der Waals surface area contributed by atoms with Crippen molar-refractivity contribution in [1.82, 2.24) is 10.2 Å². The Morgan fingerprint density at radius 1 is 1.25 bits per heavy atom. The molecule has 1 heterocycles. The van der Waals surface area contributed by atoms with Gasteiger partial charge in [0.15, 0.2) is 0 Å². The molecule has 0 aromatic heterocycles. The molecule has 20 heavy (non-hydrogen) atoms. The number of hydrogen-bond acceptors (Lipinski definition) is 3. The molecule has 0 saturated carbocycles. The van der Waals surface area contributed by atoms with Gasteiger partial charge < -0.3 is 10.6 Å². The fraction of sp³-hybridized carbons (Fsp3) is 0.562. The summed E-state index contributed by atoms with van der Waals surface area (Å²) < 4.78 is 0. The Labute approximate surface area is 121 Å². The van der Waals surface area contributed by atoms with Crippen molar-refractivity contribution < 1.29 is 4.79 Å². The molecule has 0 unspecified atom stereocenters. The highest BCUT2D eigenvalue weighted by Gasteiger charge is 2.20. The predicted molar refractivity (Wildman–Crippen MR) is 82.8 cm³/mol. The molecular formula is C16H25N3O. The van der Waals surface area contributed by atoms with E-state index in [1.54, 1.807) is 0 Å². The number of nitrogens with zero attached hydrogens (tertiary/aromatic N) is 1. The average Bonchev–Trinajstić information content (AvgIpc) is 2.47. The number of carbonyl (C=O) groups excluding carboxylic acids is 1. The highest BCUT2D eigenvalue weighted by molar-refractivity contribution is 5.92. The van der Waals surface area contributed by atoms with Gasteiger partial charge in [-0.2, -0.15) is 0 Å². The molecule has 4 heteroatoms. The number of likely N-dealkylation sites (tertiary alicyclic amines) is 1. The van der Waals surface area contributed by atoms with Gasteiger partial charge in [-0.25, -0.2) is 0 Å². The highest BCUT2D eigenvalue weighted by atomic mass is 16.2. The van der Waals surface area contributed by atoms with Gasteiger partial charge in [-0.15, -0.1) is 0 Å². The number of piperidine rings is 1. The summed E-state index contributed by atoms with van der Waals surface area (Å²) in [6.07, 6.45) is 2.37. The molecular weight excluding hydrogens is 250 g/mol. The second-order valence-electron chi connectivity index (χ2n) is 5.44. The van der Waals surface area contributed by atoms with Crippen LogP contribution in [0.5, 0.6) is 0 Å². The normalized spacial score (nSPS) is 17.1. The summed E-state index contributed by atoms with van der Waals surface area (Å²) in [7, 11) is 0. The van der Waals surface area contributed by atoms with Gasteiger partial charge in [0.1, 0.15) is 0 Å². The summed E-state index contributed by atoms with van der Waals surface area (Å²) in [5, 5.41) is 6.35. The summed E-state index contributed by atoms with van der Waals surface area (Å²) in [6.45, 7) is 6.85. The van der Waals surface area contributed by atoms with Crippen molar-refractivity contribution in [1.29, 1.82) is 0 Å². The van der Waals surface area contributed by atoms with Gasteiger partial charge in [0.2, 0.25) is 5.91 Å². The molecule has 1 aliphatic heterocycles. The third-order valence-corrected chi connectivity index (χ3v) is 3.81. The minimum absolute atomic E-state index is 0.0846. The van der Waals surface area contributed by atoms with Crippen LogP contribution in [0.1, 0.15) is 19.8 Å². The van der Waals surface area contributed by atoms with E-state index in [1.807, 2.05) is 30.3 Å².